The number of amides is 1. The lowest BCUT2D eigenvalue weighted by molar-refractivity contribution is -0.0286. The highest BCUT2D eigenvalue weighted by Gasteiger charge is 2.29. The molecular formula is C47H69NO14. The van der Waals surface area contributed by atoms with Gasteiger partial charge >= 0.3 is 6.09 Å². The van der Waals surface area contributed by atoms with Crippen LogP contribution in [0, 0.1) is 0 Å². The first-order valence-corrected chi connectivity index (χ1v) is 21.8. The van der Waals surface area contributed by atoms with Gasteiger partial charge in [-0.3, -0.25) is 0 Å². The van der Waals surface area contributed by atoms with E-state index < -0.39 is 0 Å². The second kappa shape index (κ2) is 34.9. The molecular weight excluding hydrogens is 803 g/mol. The molecule has 0 heterocycles. The summed E-state index contributed by atoms with van der Waals surface area (Å²) in [6.07, 6.45) is -0.366. The van der Waals surface area contributed by atoms with Crippen LogP contribution in [0.3, 0.4) is 0 Å². The molecule has 3 aromatic carbocycles. The Hall–Kier alpha value is -3.55. The molecule has 0 atom stereocenters. The second-order valence-corrected chi connectivity index (χ2v) is 14.0. The number of carbonyl (C=O) groups excluding carboxylic acids is 1. The Bertz CT molecular complexity index is 1490. The van der Waals surface area contributed by atoms with Crippen LogP contribution >= 0.6 is 0 Å². The lowest BCUT2D eigenvalue weighted by Gasteiger charge is -2.19. The molecule has 0 fully saturated rings. The van der Waals surface area contributed by atoms with Crippen molar-refractivity contribution in [2.24, 2.45) is 0 Å². The molecule has 0 aliphatic heterocycles. The van der Waals surface area contributed by atoms with Crippen molar-refractivity contribution in [1.82, 2.24) is 4.90 Å². The summed E-state index contributed by atoms with van der Waals surface area (Å²) in [5, 5.41) is 0. The molecule has 1 aliphatic rings. The Labute approximate surface area is 368 Å². The maximum atomic E-state index is 12.6. The molecule has 15 nitrogen and oxygen atoms in total. The van der Waals surface area contributed by atoms with Gasteiger partial charge in [0, 0.05) is 19.5 Å². The van der Waals surface area contributed by atoms with E-state index in [9.17, 15) is 4.79 Å². The number of nitrogens with zero attached hydrogens (tertiary/aromatic N) is 1. The fraction of sp³-hybridized carbons (Fsp3) is 0.596. The normalized spacial score (nSPS) is 12.1. The summed E-state index contributed by atoms with van der Waals surface area (Å²) in [4.78, 5) is 14.2. The maximum absolute atomic E-state index is 12.6. The predicted octanol–water partition coefficient (Wildman–Crippen LogP) is 5.27. The van der Waals surface area contributed by atoms with Gasteiger partial charge in [-0.05, 0) is 27.8 Å². The Morgan fingerprint density at radius 3 is 1.08 bits per heavy atom. The highest BCUT2D eigenvalue weighted by atomic mass is 16.6. The highest BCUT2D eigenvalue weighted by Crippen LogP contribution is 2.44. The summed E-state index contributed by atoms with van der Waals surface area (Å²) in [6.45, 7) is 12.6. The monoisotopic (exact) mass is 871 g/mol. The zero-order valence-corrected chi connectivity index (χ0v) is 36.6. The van der Waals surface area contributed by atoms with Crippen molar-refractivity contribution in [2.75, 3.05) is 172 Å². The van der Waals surface area contributed by atoms with E-state index in [0.29, 0.717) is 172 Å². The molecule has 0 aromatic heterocycles. The van der Waals surface area contributed by atoms with E-state index in [-0.39, 0.29) is 12.0 Å². The van der Waals surface area contributed by atoms with Crippen molar-refractivity contribution in [3.05, 3.63) is 95.6 Å². The van der Waals surface area contributed by atoms with E-state index in [0.717, 1.165) is 5.56 Å². The quantitative estimate of drug-likeness (QED) is 0.0686. The van der Waals surface area contributed by atoms with Gasteiger partial charge in [-0.25, -0.2) is 4.79 Å². The average molecular weight is 872 g/mol. The van der Waals surface area contributed by atoms with Crippen LogP contribution in [0.2, 0.25) is 0 Å². The van der Waals surface area contributed by atoms with E-state index >= 15 is 0 Å². The summed E-state index contributed by atoms with van der Waals surface area (Å²) in [6, 6.07) is 26.7. The van der Waals surface area contributed by atoms with Gasteiger partial charge in [-0.1, -0.05) is 78.9 Å². The number of hydrogen-bond acceptors (Lipinski definition) is 14. The molecule has 1 aliphatic carbocycles. The van der Waals surface area contributed by atoms with Crippen molar-refractivity contribution in [3.63, 3.8) is 0 Å². The fourth-order valence-electron chi connectivity index (χ4n) is 6.18. The Balaban J connectivity index is 0.773. The number of carbonyl (C=O) groups is 1. The van der Waals surface area contributed by atoms with Crippen LogP contribution < -0.4 is 0 Å². The molecule has 0 N–H and O–H groups in total. The standard InChI is InChI=1S/C47H69NO14/c1-48(47(49)62-40-46-44-13-7-5-11-42(44)43-12-6-8-14-45(43)46)15-16-50-17-18-51-19-20-52-21-22-53-23-24-54-25-26-55-27-28-56-29-30-57-31-32-58-33-34-59-35-36-60-37-38-61-39-41-9-3-2-4-10-41/h2-14,46H,15-40H2,1H3. The zero-order valence-electron chi connectivity index (χ0n) is 36.6. The molecule has 346 valence electrons. The number of likely N-dealkylation sites (N-methyl/N-ethyl adjacent to an activating group) is 1. The number of ether oxygens (including phenoxy) is 13. The fourth-order valence-corrected chi connectivity index (χ4v) is 6.18. The number of rotatable bonds is 40. The molecule has 0 spiro atoms. The largest absolute Gasteiger partial charge is 0.448 e. The van der Waals surface area contributed by atoms with Crippen LogP contribution in [-0.2, 0) is 68.2 Å². The van der Waals surface area contributed by atoms with Gasteiger partial charge in [0.15, 0.2) is 0 Å². The molecule has 4 rings (SSSR count). The van der Waals surface area contributed by atoms with Gasteiger partial charge in [-0.2, -0.15) is 0 Å². The van der Waals surface area contributed by atoms with Crippen LogP contribution in [0.1, 0.15) is 22.6 Å². The third-order valence-corrected chi connectivity index (χ3v) is 9.42. The molecule has 3 aromatic rings. The minimum Gasteiger partial charge on any atom is -0.448 e. The number of hydrogen-bond donors (Lipinski definition) is 0. The first kappa shape index (κ1) is 51.1. The van der Waals surface area contributed by atoms with Gasteiger partial charge < -0.3 is 66.5 Å². The topological polar surface area (TPSA) is 140 Å². The van der Waals surface area contributed by atoms with Gasteiger partial charge in [0.1, 0.15) is 6.61 Å². The Morgan fingerprint density at radius 1 is 0.403 bits per heavy atom. The van der Waals surface area contributed by atoms with Gasteiger partial charge in [0.2, 0.25) is 0 Å². The molecule has 0 radical (unpaired) electrons. The molecule has 15 heteroatoms. The molecule has 62 heavy (non-hydrogen) atoms. The summed E-state index contributed by atoms with van der Waals surface area (Å²) < 4.78 is 72.1. The molecule has 0 saturated heterocycles. The van der Waals surface area contributed by atoms with Crippen molar-refractivity contribution in [3.8, 4) is 11.1 Å². The highest BCUT2D eigenvalue weighted by molar-refractivity contribution is 5.79. The van der Waals surface area contributed by atoms with E-state index in [1.54, 1.807) is 7.05 Å². The lowest BCUT2D eigenvalue weighted by Crippen LogP contribution is -2.32. The third kappa shape index (κ3) is 22.7. The minimum absolute atomic E-state index is 0.0360. The zero-order chi connectivity index (χ0) is 43.4. The smallest absolute Gasteiger partial charge is 0.409 e. The first-order valence-electron chi connectivity index (χ1n) is 21.8. The third-order valence-electron chi connectivity index (χ3n) is 9.42. The lowest BCUT2D eigenvalue weighted by atomic mass is 9.98. The number of fused-ring (bicyclic) bond motifs is 3. The van der Waals surface area contributed by atoms with Crippen LogP contribution in [0.5, 0.6) is 0 Å². The maximum Gasteiger partial charge on any atom is 0.409 e. The van der Waals surface area contributed by atoms with Crippen LogP contribution in [0.15, 0.2) is 78.9 Å². The summed E-state index contributed by atoms with van der Waals surface area (Å²) in [5.41, 5.74) is 5.95. The molecule has 0 unspecified atom stereocenters. The average Bonchev–Trinajstić information content (AvgIpc) is 3.62. The SMILES string of the molecule is CN(CCOCCOCCOCCOCCOCCOCCOCCOCCOCCOCCOCCOCc1ccccc1)C(=O)OCC1c2ccccc2-c2ccccc21. The Morgan fingerprint density at radius 2 is 0.710 bits per heavy atom. The summed E-state index contributed by atoms with van der Waals surface area (Å²) >= 11 is 0. The summed E-state index contributed by atoms with van der Waals surface area (Å²) in [5.74, 6) is 0.0360. The van der Waals surface area contributed by atoms with E-state index in [2.05, 4.69) is 24.3 Å². The Kier molecular flexibility index (Phi) is 28.7. The summed E-state index contributed by atoms with van der Waals surface area (Å²) in [7, 11) is 1.71. The molecule has 0 saturated carbocycles. The van der Waals surface area contributed by atoms with Gasteiger partial charge in [0.05, 0.1) is 159 Å². The van der Waals surface area contributed by atoms with E-state index in [1.807, 2.05) is 54.6 Å². The van der Waals surface area contributed by atoms with Crippen molar-refractivity contribution in [1.29, 1.82) is 0 Å². The molecule has 0 bridgehead atoms. The van der Waals surface area contributed by atoms with Crippen molar-refractivity contribution < 1.29 is 66.4 Å². The van der Waals surface area contributed by atoms with Gasteiger partial charge in [0.25, 0.3) is 0 Å². The van der Waals surface area contributed by atoms with E-state index in [4.69, 9.17) is 61.6 Å². The second-order valence-electron chi connectivity index (χ2n) is 14.0. The number of benzene rings is 3. The van der Waals surface area contributed by atoms with E-state index in [1.165, 1.54) is 27.2 Å². The van der Waals surface area contributed by atoms with Gasteiger partial charge in [-0.15, -0.1) is 0 Å². The van der Waals surface area contributed by atoms with Crippen LogP contribution in [-0.4, -0.2) is 183 Å². The van der Waals surface area contributed by atoms with Crippen molar-refractivity contribution >= 4 is 6.09 Å². The van der Waals surface area contributed by atoms with Crippen LogP contribution in [0.4, 0.5) is 4.79 Å². The predicted molar refractivity (Wildman–Crippen MR) is 233 cm³/mol. The first-order chi connectivity index (χ1) is 30.7. The van der Waals surface area contributed by atoms with Crippen LogP contribution in [0.25, 0.3) is 11.1 Å². The molecule has 1 amide bonds. The van der Waals surface area contributed by atoms with Crippen molar-refractivity contribution in [2.45, 2.75) is 12.5 Å². The minimum atomic E-state index is -0.366.